The average Bonchev–Trinajstić information content (AvgIpc) is 2.82. The zero-order chi connectivity index (χ0) is 21.1. The van der Waals surface area contributed by atoms with Gasteiger partial charge < -0.3 is 4.74 Å². The lowest BCUT2D eigenvalue weighted by atomic mass is 9.79. The highest BCUT2D eigenvalue weighted by Gasteiger charge is 2.39. The zero-order valence-electron chi connectivity index (χ0n) is 17.7. The highest BCUT2D eigenvalue weighted by molar-refractivity contribution is 14.1. The molecule has 1 unspecified atom stereocenters. The number of unbranched alkanes of at least 4 members (excludes halogenated alkanes) is 3. The van der Waals surface area contributed by atoms with Crippen LogP contribution in [0.1, 0.15) is 55.7 Å². The maximum absolute atomic E-state index is 7.13. The molecular formula is C28H31IO. The molecule has 0 aliphatic rings. The summed E-state index contributed by atoms with van der Waals surface area (Å²) in [5, 5.41) is 0. The molecule has 0 N–H and O–H groups in total. The molecule has 0 saturated heterocycles. The largest absolute Gasteiger partial charge is 0.354 e. The number of rotatable bonds is 11. The Morgan fingerprint density at radius 3 is 1.60 bits per heavy atom. The van der Waals surface area contributed by atoms with E-state index in [-0.39, 0.29) is 6.10 Å². The highest BCUT2D eigenvalue weighted by atomic mass is 127. The predicted molar refractivity (Wildman–Crippen MR) is 136 cm³/mol. The van der Waals surface area contributed by atoms with E-state index < -0.39 is 5.60 Å². The van der Waals surface area contributed by atoms with E-state index in [1.807, 2.05) is 0 Å². The van der Waals surface area contributed by atoms with Crippen molar-refractivity contribution in [1.29, 1.82) is 0 Å². The molecule has 2 heteroatoms. The molecular weight excluding hydrogens is 479 g/mol. The summed E-state index contributed by atoms with van der Waals surface area (Å²) in [6.07, 6.45) is 8.22. The third kappa shape index (κ3) is 5.61. The molecule has 3 rings (SSSR count). The van der Waals surface area contributed by atoms with E-state index in [0.29, 0.717) is 0 Å². The van der Waals surface area contributed by atoms with Gasteiger partial charge in [0.1, 0.15) is 5.60 Å². The third-order valence-electron chi connectivity index (χ3n) is 5.50. The minimum Gasteiger partial charge on any atom is -0.354 e. The number of benzene rings is 3. The van der Waals surface area contributed by atoms with Crippen LogP contribution < -0.4 is 0 Å². The first-order valence-corrected chi connectivity index (χ1v) is 12.2. The number of hydrogen-bond acceptors (Lipinski definition) is 1. The van der Waals surface area contributed by atoms with Crippen molar-refractivity contribution in [1.82, 2.24) is 0 Å². The molecule has 156 valence electrons. The van der Waals surface area contributed by atoms with Gasteiger partial charge in [0, 0.05) is 0 Å². The van der Waals surface area contributed by atoms with Gasteiger partial charge >= 0.3 is 0 Å². The van der Waals surface area contributed by atoms with Crippen LogP contribution in [0, 0.1) is 0 Å². The fourth-order valence-electron chi connectivity index (χ4n) is 4.00. The summed E-state index contributed by atoms with van der Waals surface area (Å²) in [7, 11) is 0. The van der Waals surface area contributed by atoms with Crippen molar-refractivity contribution in [2.75, 3.05) is 0 Å². The van der Waals surface area contributed by atoms with Crippen LogP contribution in [0.4, 0.5) is 0 Å². The van der Waals surface area contributed by atoms with Gasteiger partial charge in [0.25, 0.3) is 0 Å². The Labute approximate surface area is 195 Å². The Kier molecular flexibility index (Phi) is 9.16. The van der Waals surface area contributed by atoms with Gasteiger partial charge in [-0.2, -0.15) is 0 Å². The monoisotopic (exact) mass is 510 g/mol. The van der Waals surface area contributed by atoms with Gasteiger partial charge in [-0.05, 0) is 33.3 Å². The van der Waals surface area contributed by atoms with Gasteiger partial charge in [-0.3, -0.25) is 0 Å². The number of hydrogen-bond donors (Lipinski definition) is 0. The number of halogens is 1. The number of ether oxygens (including phenoxy) is 1. The Balaban J connectivity index is 2.10. The summed E-state index contributed by atoms with van der Waals surface area (Å²) >= 11 is 2.31. The van der Waals surface area contributed by atoms with Crippen LogP contribution in [0.25, 0.3) is 0 Å². The van der Waals surface area contributed by atoms with Gasteiger partial charge in [-0.1, -0.05) is 146 Å². The minimum absolute atomic E-state index is 0.0411. The summed E-state index contributed by atoms with van der Waals surface area (Å²) in [5.41, 5.74) is 2.81. The van der Waals surface area contributed by atoms with Crippen LogP contribution >= 0.6 is 22.6 Å². The molecule has 0 bridgehead atoms. The molecule has 0 saturated carbocycles. The maximum atomic E-state index is 7.13. The molecule has 0 radical (unpaired) electrons. The van der Waals surface area contributed by atoms with Gasteiger partial charge in [-0.25, -0.2) is 0 Å². The average molecular weight is 510 g/mol. The lowest BCUT2D eigenvalue weighted by Gasteiger charge is -2.38. The minimum atomic E-state index is -0.657. The van der Waals surface area contributed by atoms with Crippen LogP contribution in [0.3, 0.4) is 0 Å². The molecule has 1 nitrogen and oxygen atoms in total. The Morgan fingerprint density at radius 1 is 0.733 bits per heavy atom. The van der Waals surface area contributed by atoms with Gasteiger partial charge in [0.05, 0.1) is 6.10 Å². The molecule has 0 aliphatic carbocycles. The summed E-state index contributed by atoms with van der Waals surface area (Å²) < 4.78 is 9.22. The van der Waals surface area contributed by atoms with E-state index >= 15 is 0 Å². The standard InChI is InChI=1S/C28H31IO/c1-2-3-4-14-21-27(22-23-29)30-28(24-15-8-5-9-16-24,25-17-10-6-11-18-25)26-19-12-7-13-20-26/h5-13,15-20,22-23,27H,2-4,14,21H2,1H3. The molecule has 0 aromatic heterocycles. The van der Waals surface area contributed by atoms with E-state index in [1.165, 1.54) is 25.7 Å². The van der Waals surface area contributed by atoms with Gasteiger partial charge in [0.2, 0.25) is 0 Å². The Morgan fingerprint density at radius 2 is 1.20 bits per heavy atom. The van der Waals surface area contributed by atoms with E-state index in [1.54, 1.807) is 0 Å². The molecule has 30 heavy (non-hydrogen) atoms. The van der Waals surface area contributed by atoms with Crippen molar-refractivity contribution in [2.45, 2.75) is 50.7 Å². The second-order valence-corrected chi connectivity index (χ2v) is 8.32. The smallest absolute Gasteiger partial charge is 0.144 e. The van der Waals surface area contributed by atoms with Crippen molar-refractivity contribution in [3.05, 3.63) is 118 Å². The van der Waals surface area contributed by atoms with E-state index in [2.05, 4.69) is 131 Å². The zero-order valence-corrected chi connectivity index (χ0v) is 19.9. The lowest BCUT2D eigenvalue weighted by Crippen LogP contribution is -2.36. The SMILES string of the molecule is CCCCCCC(C=CI)OC(c1ccccc1)(c1ccccc1)c1ccccc1. The fourth-order valence-corrected chi connectivity index (χ4v) is 4.46. The van der Waals surface area contributed by atoms with Gasteiger partial charge in [-0.15, -0.1) is 0 Å². The second kappa shape index (κ2) is 12.1. The summed E-state index contributed by atoms with van der Waals surface area (Å²) in [6.45, 7) is 2.25. The van der Waals surface area contributed by atoms with Crippen molar-refractivity contribution in [3.63, 3.8) is 0 Å². The molecule has 3 aromatic carbocycles. The van der Waals surface area contributed by atoms with Crippen molar-refractivity contribution in [3.8, 4) is 0 Å². The highest BCUT2D eigenvalue weighted by Crippen LogP contribution is 2.42. The summed E-state index contributed by atoms with van der Waals surface area (Å²) in [6, 6.07) is 31.9. The Bertz CT molecular complexity index is 778. The van der Waals surface area contributed by atoms with Crippen molar-refractivity contribution >= 4 is 22.6 Å². The first-order chi connectivity index (χ1) is 14.8. The van der Waals surface area contributed by atoms with Gasteiger partial charge in [0.15, 0.2) is 0 Å². The first kappa shape index (κ1) is 22.8. The molecule has 0 aliphatic heterocycles. The topological polar surface area (TPSA) is 9.23 Å². The molecule has 1 atom stereocenters. The molecule has 0 amide bonds. The summed E-state index contributed by atoms with van der Waals surface area (Å²) in [5.74, 6) is 0. The lowest BCUT2D eigenvalue weighted by molar-refractivity contribution is -0.0285. The Hall–Kier alpha value is -1.91. The van der Waals surface area contributed by atoms with Crippen molar-refractivity contribution < 1.29 is 4.74 Å². The van der Waals surface area contributed by atoms with Crippen LogP contribution in [0.2, 0.25) is 0 Å². The van der Waals surface area contributed by atoms with Crippen LogP contribution in [0.5, 0.6) is 0 Å². The summed E-state index contributed by atoms with van der Waals surface area (Å²) in [4.78, 5) is 0. The molecule has 0 spiro atoms. The predicted octanol–water partition coefficient (Wildman–Crippen LogP) is 8.28. The maximum Gasteiger partial charge on any atom is 0.144 e. The molecule has 3 aromatic rings. The van der Waals surface area contributed by atoms with E-state index in [4.69, 9.17) is 4.74 Å². The third-order valence-corrected chi connectivity index (χ3v) is 5.91. The van der Waals surface area contributed by atoms with Crippen LogP contribution in [-0.4, -0.2) is 6.10 Å². The van der Waals surface area contributed by atoms with Crippen molar-refractivity contribution in [2.24, 2.45) is 0 Å². The molecule has 0 fully saturated rings. The van der Waals surface area contributed by atoms with Crippen LogP contribution in [0.15, 0.2) is 101 Å². The first-order valence-electron chi connectivity index (χ1n) is 10.9. The quantitative estimate of drug-likeness (QED) is 0.143. The van der Waals surface area contributed by atoms with E-state index in [0.717, 1.165) is 23.1 Å². The molecule has 0 heterocycles. The van der Waals surface area contributed by atoms with Crippen LogP contribution in [-0.2, 0) is 10.3 Å². The normalized spacial score (nSPS) is 12.9. The fraction of sp³-hybridized carbons (Fsp3) is 0.286. The second-order valence-electron chi connectivity index (χ2n) is 7.60. The van der Waals surface area contributed by atoms with E-state index in [9.17, 15) is 0 Å².